The fourth-order valence-electron chi connectivity index (χ4n) is 3.81. The highest BCUT2D eigenvalue weighted by Crippen LogP contribution is 2.20. The number of nitrogens with zero attached hydrogens (tertiary/aromatic N) is 3. The smallest absolute Gasteiger partial charge is 0.289 e. The average Bonchev–Trinajstić information content (AvgIpc) is 3.36. The van der Waals surface area contributed by atoms with E-state index >= 15 is 0 Å². The van der Waals surface area contributed by atoms with Gasteiger partial charge in [0.1, 0.15) is 5.82 Å². The Bertz CT molecular complexity index is 969. The van der Waals surface area contributed by atoms with Crippen molar-refractivity contribution in [3.63, 3.8) is 0 Å². The lowest BCUT2D eigenvalue weighted by molar-refractivity contribution is -0.126. The van der Waals surface area contributed by atoms with E-state index in [0.717, 1.165) is 16.9 Å². The molecule has 7 nitrogen and oxygen atoms in total. The third kappa shape index (κ3) is 3.65. The highest BCUT2D eigenvalue weighted by Gasteiger charge is 2.28. The van der Waals surface area contributed by atoms with Gasteiger partial charge in [0.2, 0.25) is 5.91 Å². The van der Waals surface area contributed by atoms with Crippen molar-refractivity contribution >= 4 is 22.8 Å². The van der Waals surface area contributed by atoms with Crippen LogP contribution in [-0.4, -0.2) is 45.9 Å². The SMILES string of the molecule is Cc1nc2ccccc2n1CCNC(=O)C1CCN(C(=O)c2ccco2)CC1. The van der Waals surface area contributed by atoms with Crippen LogP contribution in [-0.2, 0) is 11.3 Å². The first-order valence-electron chi connectivity index (χ1n) is 9.66. The van der Waals surface area contributed by atoms with E-state index in [2.05, 4.69) is 14.9 Å². The van der Waals surface area contributed by atoms with Gasteiger partial charge in [-0.15, -0.1) is 0 Å². The number of benzene rings is 1. The van der Waals surface area contributed by atoms with Crippen molar-refractivity contribution in [1.29, 1.82) is 0 Å². The Hall–Kier alpha value is -3.09. The van der Waals surface area contributed by atoms with Gasteiger partial charge in [0.25, 0.3) is 5.91 Å². The number of carbonyl (C=O) groups is 2. The standard InChI is InChI=1S/C21H24N4O3/c1-15-23-17-5-2-3-6-18(17)25(15)13-10-22-20(26)16-8-11-24(12-9-16)21(27)19-7-4-14-28-19/h2-7,14,16H,8-13H2,1H3,(H,22,26). The minimum Gasteiger partial charge on any atom is -0.459 e. The van der Waals surface area contributed by atoms with Crippen molar-refractivity contribution < 1.29 is 14.0 Å². The molecule has 146 valence electrons. The second-order valence-electron chi connectivity index (χ2n) is 7.13. The van der Waals surface area contributed by atoms with Gasteiger partial charge in [-0.3, -0.25) is 9.59 Å². The van der Waals surface area contributed by atoms with Crippen LogP contribution in [0.15, 0.2) is 47.1 Å². The Kier molecular flexibility index (Phi) is 5.14. The predicted octanol–water partition coefficient (Wildman–Crippen LogP) is 2.61. The Morgan fingerprint density at radius 2 is 1.96 bits per heavy atom. The minimum atomic E-state index is -0.105. The number of para-hydroxylation sites is 2. The lowest BCUT2D eigenvalue weighted by Gasteiger charge is -2.30. The molecule has 28 heavy (non-hydrogen) atoms. The van der Waals surface area contributed by atoms with Gasteiger partial charge in [0, 0.05) is 32.1 Å². The molecule has 0 aliphatic carbocycles. The van der Waals surface area contributed by atoms with Gasteiger partial charge < -0.3 is 19.2 Å². The number of likely N-dealkylation sites (tertiary alicyclic amines) is 1. The summed E-state index contributed by atoms with van der Waals surface area (Å²) in [6.45, 7) is 4.37. The van der Waals surface area contributed by atoms with Crippen molar-refractivity contribution in [3.8, 4) is 0 Å². The van der Waals surface area contributed by atoms with Crippen molar-refractivity contribution in [1.82, 2.24) is 19.8 Å². The normalized spacial score (nSPS) is 15.1. The molecular weight excluding hydrogens is 356 g/mol. The fraction of sp³-hybridized carbons (Fsp3) is 0.381. The second-order valence-corrected chi connectivity index (χ2v) is 7.13. The number of fused-ring (bicyclic) bond motifs is 1. The summed E-state index contributed by atoms with van der Waals surface area (Å²) < 4.78 is 7.30. The molecule has 1 aromatic carbocycles. The molecule has 2 amide bonds. The lowest BCUT2D eigenvalue weighted by atomic mass is 9.95. The van der Waals surface area contributed by atoms with E-state index in [1.54, 1.807) is 17.0 Å². The molecule has 0 radical (unpaired) electrons. The molecule has 0 unspecified atom stereocenters. The van der Waals surface area contributed by atoms with E-state index < -0.39 is 0 Å². The van der Waals surface area contributed by atoms with Crippen molar-refractivity contribution in [2.45, 2.75) is 26.3 Å². The van der Waals surface area contributed by atoms with Gasteiger partial charge in [0.05, 0.1) is 17.3 Å². The predicted molar refractivity (Wildman–Crippen MR) is 105 cm³/mol. The van der Waals surface area contributed by atoms with Gasteiger partial charge in [-0.2, -0.15) is 0 Å². The Balaban J connectivity index is 1.27. The zero-order valence-corrected chi connectivity index (χ0v) is 15.9. The number of rotatable bonds is 5. The highest BCUT2D eigenvalue weighted by molar-refractivity contribution is 5.91. The number of aryl methyl sites for hydroxylation is 1. The lowest BCUT2D eigenvalue weighted by Crippen LogP contribution is -2.43. The number of furan rings is 1. The third-order valence-electron chi connectivity index (χ3n) is 5.36. The van der Waals surface area contributed by atoms with Crippen LogP contribution >= 0.6 is 0 Å². The van der Waals surface area contributed by atoms with Gasteiger partial charge in [-0.1, -0.05) is 12.1 Å². The van der Waals surface area contributed by atoms with E-state index in [9.17, 15) is 9.59 Å². The first-order chi connectivity index (χ1) is 13.6. The number of carbonyl (C=O) groups excluding carboxylic acids is 2. The third-order valence-corrected chi connectivity index (χ3v) is 5.36. The van der Waals surface area contributed by atoms with E-state index in [1.165, 1.54) is 6.26 Å². The molecule has 1 aliphatic rings. The molecule has 1 saturated heterocycles. The number of imidazole rings is 1. The van der Waals surface area contributed by atoms with Crippen LogP contribution in [0.4, 0.5) is 0 Å². The molecule has 0 saturated carbocycles. The molecule has 4 rings (SSSR count). The summed E-state index contributed by atoms with van der Waals surface area (Å²) in [6.07, 6.45) is 2.84. The molecule has 2 aromatic heterocycles. The molecule has 7 heteroatoms. The van der Waals surface area contributed by atoms with E-state index in [4.69, 9.17) is 4.42 Å². The molecule has 0 atom stereocenters. The summed E-state index contributed by atoms with van der Waals surface area (Å²) in [7, 11) is 0. The summed E-state index contributed by atoms with van der Waals surface area (Å²) in [4.78, 5) is 31.1. The number of piperidine rings is 1. The molecular formula is C21H24N4O3. The molecule has 3 heterocycles. The number of hydrogen-bond donors (Lipinski definition) is 1. The van der Waals surface area contributed by atoms with E-state index in [1.807, 2.05) is 31.2 Å². The van der Waals surface area contributed by atoms with Crippen molar-refractivity contribution in [2.24, 2.45) is 5.92 Å². The first-order valence-corrected chi connectivity index (χ1v) is 9.66. The zero-order valence-electron chi connectivity index (χ0n) is 15.9. The van der Waals surface area contributed by atoms with E-state index in [-0.39, 0.29) is 17.7 Å². The molecule has 1 aliphatic heterocycles. The monoisotopic (exact) mass is 380 g/mol. The van der Waals surface area contributed by atoms with Crippen LogP contribution in [0, 0.1) is 12.8 Å². The molecule has 0 spiro atoms. The van der Waals surface area contributed by atoms with E-state index in [0.29, 0.717) is 44.8 Å². The average molecular weight is 380 g/mol. The Morgan fingerprint density at radius 1 is 1.18 bits per heavy atom. The number of aromatic nitrogens is 2. The van der Waals surface area contributed by atoms with Crippen LogP contribution < -0.4 is 5.32 Å². The number of amides is 2. The van der Waals surface area contributed by atoms with Gasteiger partial charge in [-0.05, 0) is 44.0 Å². The molecule has 1 N–H and O–H groups in total. The van der Waals surface area contributed by atoms with Crippen LogP contribution in [0.2, 0.25) is 0 Å². The molecule has 1 fully saturated rings. The van der Waals surface area contributed by atoms with Crippen LogP contribution in [0.1, 0.15) is 29.2 Å². The highest BCUT2D eigenvalue weighted by atomic mass is 16.3. The Labute approximate surface area is 163 Å². The molecule has 3 aromatic rings. The largest absolute Gasteiger partial charge is 0.459 e. The topological polar surface area (TPSA) is 80.4 Å². The van der Waals surface area contributed by atoms with Gasteiger partial charge >= 0.3 is 0 Å². The summed E-state index contributed by atoms with van der Waals surface area (Å²) in [5.74, 6) is 1.20. The maximum absolute atomic E-state index is 12.5. The maximum atomic E-state index is 12.5. The number of hydrogen-bond acceptors (Lipinski definition) is 4. The summed E-state index contributed by atoms with van der Waals surface area (Å²) in [5.41, 5.74) is 2.05. The fourth-order valence-corrected chi connectivity index (χ4v) is 3.81. The number of nitrogens with one attached hydrogen (secondary N) is 1. The summed E-state index contributed by atoms with van der Waals surface area (Å²) in [6, 6.07) is 11.4. The zero-order chi connectivity index (χ0) is 19.5. The van der Waals surface area contributed by atoms with Crippen LogP contribution in [0.25, 0.3) is 11.0 Å². The van der Waals surface area contributed by atoms with Gasteiger partial charge in [0.15, 0.2) is 5.76 Å². The van der Waals surface area contributed by atoms with Crippen molar-refractivity contribution in [3.05, 3.63) is 54.2 Å². The second kappa shape index (κ2) is 7.88. The molecule has 0 bridgehead atoms. The van der Waals surface area contributed by atoms with Crippen molar-refractivity contribution in [2.75, 3.05) is 19.6 Å². The quantitative estimate of drug-likeness (QED) is 0.738. The van der Waals surface area contributed by atoms with Gasteiger partial charge in [-0.25, -0.2) is 4.98 Å². The van der Waals surface area contributed by atoms with Crippen LogP contribution in [0.5, 0.6) is 0 Å². The summed E-state index contributed by atoms with van der Waals surface area (Å²) >= 11 is 0. The minimum absolute atomic E-state index is 0.0544. The maximum Gasteiger partial charge on any atom is 0.289 e. The Morgan fingerprint density at radius 3 is 2.71 bits per heavy atom. The summed E-state index contributed by atoms with van der Waals surface area (Å²) in [5, 5.41) is 3.04. The van der Waals surface area contributed by atoms with Crippen LogP contribution in [0.3, 0.4) is 0 Å². The first kappa shape index (κ1) is 18.3.